The van der Waals surface area contributed by atoms with Gasteiger partial charge in [-0.25, -0.2) is 0 Å². The number of hydrogen-bond acceptors (Lipinski definition) is 3. The molecule has 1 aliphatic heterocycles. The quantitative estimate of drug-likeness (QED) is 0.848. The Morgan fingerprint density at radius 1 is 1.12 bits per heavy atom. The van der Waals surface area contributed by atoms with Crippen LogP contribution in [-0.2, 0) is 17.8 Å². The summed E-state index contributed by atoms with van der Waals surface area (Å²) < 4.78 is 0. The Kier molecular flexibility index (Phi) is 5.03. The normalized spacial score (nSPS) is 16.3. The largest absolute Gasteiger partial charge is 0.481 e. The summed E-state index contributed by atoms with van der Waals surface area (Å²) in [6.07, 6.45) is 1.80. The molecule has 130 valence electrons. The van der Waals surface area contributed by atoms with Crippen LogP contribution in [0, 0.1) is 5.92 Å². The number of carboxylic acids is 1. The lowest BCUT2D eigenvalue weighted by atomic mass is 9.89. The zero-order valence-electron chi connectivity index (χ0n) is 14.0. The average molecular weight is 338 g/mol. The Morgan fingerprint density at radius 2 is 1.84 bits per heavy atom. The van der Waals surface area contributed by atoms with E-state index in [0.29, 0.717) is 17.9 Å². The fourth-order valence-electron chi connectivity index (χ4n) is 3.44. The molecular weight excluding hydrogens is 316 g/mol. The molecule has 0 spiro atoms. The summed E-state index contributed by atoms with van der Waals surface area (Å²) in [5.74, 6) is -0.841. The van der Waals surface area contributed by atoms with Crippen LogP contribution in [0.2, 0.25) is 0 Å². The third-order valence-corrected chi connectivity index (χ3v) is 4.70. The highest BCUT2D eigenvalue weighted by Gasteiger charge is 2.24. The molecule has 3 rings (SSSR count). The molecule has 2 aromatic carbocycles. The summed E-state index contributed by atoms with van der Waals surface area (Å²) in [5, 5.41) is 8.96. The van der Waals surface area contributed by atoms with Crippen LogP contribution in [0.15, 0.2) is 48.5 Å². The number of fused-ring (bicyclic) bond motifs is 1. The van der Waals surface area contributed by atoms with Crippen LogP contribution >= 0.6 is 0 Å². The molecule has 25 heavy (non-hydrogen) atoms. The van der Waals surface area contributed by atoms with Crippen molar-refractivity contribution < 1.29 is 14.7 Å². The monoisotopic (exact) mass is 338 g/mol. The van der Waals surface area contributed by atoms with E-state index in [4.69, 9.17) is 10.8 Å². The first-order valence-electron chi connectivity index (χ1n) is 8.46. The smallest absolute Gasteiger partial charge is 0.303 e. The summed E-state index contributed by atoms with van der Waals surface area (Å²) in [6.45, 7) is 1.56. The molecule has 3 N–H and O–H groups in total. The first-order valence-corrected chi connectivity index (χ1v) is 8.46. The lowest BCUT2D eigenvalue weighted by Gasteiger charge is -2.36. The van der Waals surface area contributed by atoms with Crippen LogP contribution in [0.3, 0.4) is 0 Å². The number of benzene rings is 2. The van der Waals surface area contributed by atoms with Gasteiger partial charge in [0.2, 0.25) is 5.91 Å². The number of aliphatic carboxylic acids is 1. The van der Waals surface area contributed by atoms with E-state index in [1.165, 1.54) is 11.3 Å². The number of nitrogens with two attached hydrogens (primary N) is 1. The first-order chi connectivity index (χ1) is 12.0. The van der Waals surface area contributed by atoms with Gasteiger partial charge >= 0.3 is 5.97 Å². The van der Waals surface area contributed by atoms with Gasteiger partial charge in [0.25, 0.3) is 0 Å². The third-order valence-electron chi connectivity index (χ3n) is 4.70. The van der Waals surface area contributed by atoms with E-state index in [1.54, 1.807) is 12.1 Å². The topological polar surface area (TPSA) is 83.6 Å². The fraction of sp³-hybridized carbons (Fsp3) is 0.300. The number of hydrogen-bond donors (Lipinski definition) is 2. The highest BCUT2D eigenvalue weighted by Crippen LogP contribution is 2.32. The van der Waals surface area contributed by atoms with Crippen LogP contribution < -0.4 is 10.6 Å². The zero-order valence-corrected chi connectivity index (χ0v) is 14.0. The number of rotatable bonds is 6. The van der Waals surface area contributed by atoms with Crippen molar-refractivity contribution in [2.24, 2.45) is 11.7 Å². The molecule has 0 radical (unpaired) electrons. The van der Waals surface area contributed by atoms with E-state index in [0.717, 1.165) is 25.1 Å². The minimum Gasteiger partial charge on any atom is -0.481 e. The summed E-state index contributed by atoms with van der Waals surface area (Å²) in [5.41, 5.74) is 9.35. The number of carbonyl (C=O) groups excluding carboxylic acids is 1. The van der Waals surface area contributed by atoms with Crippen LogP contribution in [0.25, 0.3) is 0 Å². The van der Waals surface area contributed by atoms with Crippen LogP contribution in [0.4, 0.5) is 5.69 Å². The second-order valence-electron chi connectivity index (χ2n) is 6.57. The molecule has 0 fully saturated rings. The van der Waals surface area contributed by atoms with E-state index in [1.807, 2.05) is 24.3 Å². The molecule has 1 aliphatic rings. The van der Waals surface area contributed by atoms with Gasteiger partial charge in [-0.2, -0.15) is 0 Å². The van der Waals surface area contributed by atoms with E-state index in [2.05, 4.69) is 17.0 Å². The molecule has 1 amide bonds. The molecule has 1 atom stereocenters. The molecule has 2 aromatic rings. The molecule has 0 saturated carbocycles. The summed E-state index contributed by atoms with van der Waals surface area (Å²) >= 11 is 0. The minimum atomic E-state index is -0.743. The maximum Gasteiger partial charge on any atom is 0.303 e. The molecule has 0 aliphatic carbocycles. The van der Waals surface area contributed by atoms with Crippen LogP contribution in [-0.4, -0.2) is 23.5 Å². The van der Waals surface area contributed by atoms with Crippen LogP contribution in [0.1, 0.15) is 34.3 Å². The fourth-order valence-corrected chi connectivity index (χ4v) is 3.44. The second kappa shape index (κ2) is 7.38. The van der Waals surface area contributed by atoms with Gasteiger partial charge in [-0.3, -0.25) is 9.59 Å². The molecular formula is C20H22N2O3. The second-order valence-corrected chi connectivity index (χ2v) is 6.57. The van der Waals surface area contributed by atoms with Gasteiger partial charge in [0, 0.05) is 30.8 Å². The Labute approximate surface area is 147 Å². The van der Waals surface area contributed by atoms with Crippen molar-refractivity contribution in [1.29, 1.82) is 0 Å². The van der Waals surface area contributed by atoms with Crippen molar-refractivity contribution in [3.8, 4) is 0 Å². The Morgan fingerprint density at radius 3 is 2.52 bits per heavy atom. The van der Waals surface area contributed by atoms with Crippen molar-refractivity contribution in [2.75, 3.05) is 11.4 Å². The summed E-state index contributed by atoms with van der Waals surface area (Å²) in [6, 6.07) is 15.6. The summed E-state index contributed by atoms with van der Waals surface area (Å²) in [7, 11) is 0. The number of para-hydroxylation sites is 1. The van der Waals surface area contributed by atoms with Gasteiger partial charge in [0.05, 0.1) is 0 Å². The van der Waals surface area contributed by atoms with Crippen molar-refractivity contribution >= 4 is 17.6 Å². The maximum absolute atomic E-state index is 11.2. The van der Waals surface area contributed by atoms with E-state index < -0.39 is 11.9 Å². The van der Waals surface area contributed by atoms with Gasteiger partial charge in [-0.1, -0.05) is 30.3 Å². The van der Waals surface area contributed by atoms with Gasteiger partial charge in [0.15, 0.2) is 0 Å². The minimum absolute atomic E-state index is 0.202. The number of anilines is 1. The molecule has 0 aromatic heterocycles. The third kappa shape index (κ3) is 4.18. The SMILES string of the molecule is NC(=O)c1ccc(CN2C[C@@H](CCC(=O)O)Cc3ccccc32)cc1. The molecule has 1 heterocycles. The zero-order chi connectivity index (χ0) is 17.8. The highest BCUT2D eigenvalue weighted by molar-refractivity contribution is 5.92. The van der Waals surface area contributed by atoms with Crippen molar-refractivity contribution in [1.82, 2.24) is 0 Å². The lowest BCUT2D eigenvalue weighted by molar-refractivity contribution is -0.137. The lowest BCUT2D eigenvalue weighted by Crippen LogP contribution is -2.35. The Balaban J connectivity index is 1.78. The van der Waals surface area contributed by atoms with Gasteiger partial charge in [-0.15, -0.1) is 0 Å². The molecule has 5 heteroatoms. The van der Waals surface area contributed by atoms with E-state index in [-0.39, 0.29) is 6.42 Å². The van der Waals surface area contributed by atoms with Gasteiger partial charge < -0.3 is 15.7 Å². The maximum atomic E-state index is 11.2. The van der Waals surface area contributed by atoms with Crippen LogP contribution in [0.5, 0.6) is 0 Å². The molecule has 5 nitrogen and oxygen atoms in total. The van der Waals surface area contributed by atoms with Crippen molar-refractivity contribution in [2.45, 2.75) is 25.8 Å². The van der Waals surface area contributed by atoms with E-state index >= 15 is 0 Å². The average Bonchev–Trinajstić information content (AvgIpc) is 2.60. The van der Waals surface area contributed by atoms with Gasteiger partial charge in [0.1, 0.15) is 0 Å². The number of nitrogens with zero attached hydrogens (tertiary/aromatic N) is 1. The summed E-state index contributed by atoms with van der Waals surface area (Å²) in [4.78, 5) is 24.4. The highest BCUT2D eigenvalue weighted by atomic mass is 16.4. The number of amides is 1. The molecule has 0 unspecified atom stereocenters. The van der Waals surface area contributed by atoms with Gasteiger partial charge in [-0.05, 0) is 48.1 Å². The Bertz CT molecular complexity index is 771. The standard InChI is InChI=1S/C20H22N2O3/c21-20(25)16-8-5-14(6-9-16)12-22-13-15(7-10-19(23)24)11-17-3-1-2-4-18(17)22/h1-6,8-9,15H,7,10-13H2,(H2,21,25)(H,23,24)/t15-/m0/s1. The molecule has 0 bridgehead atoms. The van der Waals surface area contributed by atoms with Crippen molar-refractivity contribution in [3.05, 3.63) is 65.2 Å². The number of primary amides is 1. The van der Waals surface area contributed by atoms with Crippen molar-refractivity contribution in [3.63, 3.8) is 0 Å². The number of carbonyl (C=O) groups is 2. The number of carboxylic acid groups (broad SMARTS) is 1. The predicted molar refractivity (Wildman–Crippen MR) is 96.5 cm³/mol. The first kappa shape index (κ1) is 17.0. The molecule has 0 saturated heterocycles. The Hall–Kier alpha value is -2.82. The predicted octanol–water partition coefficient (Wildman–Crippen LogP) is 2.83. The van der Waals surface area contributed by atoms with E-state index in [9.17, 15) is 9.59 Å².